The minimum absolute atomic E-state index is 0.124. The number of hydrogen-bond donors (Lipinski definition) is 2. The molecule has 126 valence electrons. The number of H-pyrrole nitrogens is 1. The molecule has 3 aromatic rings. The number of rotatable bonds is 2. The average molecular weight is 353 g/mol. The summed E-state index contributed by atoms with van der Waals surface area (Å²) in [6.07, 6.45) is -4.51. The van der Waals surface area contributed by atoms with Crippen LogP contribution in [0.1, 0.15) is 16.7 Å². The number of fused-ring (bicyclic) bond motifs is 1. The van der Waals surface area contributed by atoms with Crippen LogP contribution in [0.5, 0.6) is 0 Å². The number of anilines is 1. The zero-order chi connectivity index (χ0) is 17.6. The topological polar surface area (TPSA) is 71.8 Å². The molecule has 4 nitrogen and oxygen atoms in total. The van der Waals surface area contributed by atoms with E-state index in [0.29, 0.717) is 11.0 Å². The SMILES string of the molecule is Cc1cc(C(F)(F)F)c(C)c(N)c1S(=O)c1nc2ccccc2[nH]1. The number of alkyl halides is 3. The Morgan fingerprint density at radius 2 is 1.88 bits per heavy atom. The molecule has 0 aliphatic carbocycles. The van der Waals surface area contributed by atoms with Crippen molar-refractivity contribution in [3.05, 3.63) is 47.0 Å². The van der Waals surface area contributed by atoms with Gasteiger partial charge in [0.15, 0.2) is 0 Å². The minimum atomic E-state index is -4.51. The maximum atomic E-state index is 13.1. The van der Waals surface area contributed by atoms with Crippen LogP contribution in [0.3, 0.4) is 0 Å². The maximum Gasteiger partial charge on any atom is 0.416 e. The highest BCUT2D eigenvalue weighted by Gasteiger charge is 2.35. The predicted octanol–water partition coefficient (Wildman–Crippen LogP) is 3.95. The molecule has 0 fully saturated rings. The van der Waals surface area contributed by atoms with Gasteiger partial charge < -0.3 is 10.7 Å². The molecule has 1 aromatic heterocycles. The van der Waals surface area contributed by atoms with Gasteiger partial charge in [-0.1, -0.05) is 12.1 Å². The molecule has 3 N–H and O–H groups in total. The van der Waals surface area contributed by atoms with Crippen LogP contribution in [-0.4, -0.2) is 14.2 Å². The fourth-order valence-electron chi connectivity index (χ4n) is 2.57. The molecule has 2 aromatic carbocycles. The highest BCUT2D eigenvalue weighted by atomic mass is 32.2. The van der Waals surface area contributed by atoms with Crippen molar-refractivity contribution in [2.45, 2.75) is 30.1 Å². The van der Waals surface area contributed by atoms with Gasteiger partial charge in [0.2, 0.25) is 5.16 Å². The van der Waals surface area contributed by atoms with Crippen LogP contribution in [0.4, 0.5) is 18.9 Å². The van der Waals surface area contributed by atoms with Gasteiger partial charge >= 0.3 is 6.18 Å². The van der Waals surface area contributed by atoms with E-state index in [2.05, 4.69) is 9.97 Å². The first-order valence-corrected chi connectivity index (χ1v) is 8.18. The number of halogens is 3. The number of hydrogen-bond acceptors (Lipinski definition) is 3. The van der Waals surface area contributed by atoms with Gasteiger partial charge in [0, 0.05) is 0 Å². The molecule has 0 saturated carbocycles. The first kappa shape index (κ1) is 16.5. The Morgan fingerprint density at radius 1 is 1.21 bits per heavy atom. The molecule has 0 amide bonds. The quantitative estimate of drug-likeness (QED) is 0.685. The summed E-state index contributed by atoms with van der Waals surface area (Å²) in [4.78, 5) is 7.31. The number of nitrogens with one attached hydrogen (secondary N) is 1. The average Bonchev–Trinajstić information content (AvgIpc) is 2.93. The Kier molecular flexibility index (Phi) is 3.87. The van der Waals surface area contributed by atoms with Crippen LogP contribution < -0.4 is 5.73 Å². The van der Waals surface area contributed by atoms with Crippen molar-refractivity contribution in [2.75, 3.05) is 5.73 Å². The zero-order valence-corrected chi connectivity index (χ0v) is 13.7. The molecule has 0 saturated heterocycles. The molecule has 1 atom stereocenters. The Morgan fingerprint density at radius 3 is 2.50 bits per heavy atom. The van der Waals surface area contributed by atoms with Crippen LogP contribution in [0.15, 0.2) is 40.4 Å². The second kappa shape index (κ2) is 5.62. The molecule has 0 spiro atoms. The van der Waals surface area contributed by atoms with Crippen LogP contribution in [0.2, 0.25) is 0 Å². The third-order valence-electron chi connectivity index (χ3n) is 3.81. The summed E-state index contributed by atoms with van der Waals surface area (Å²) in [6, 6.07) is 8.09. The van der Waals surface area contributed by atoms with E-state index in [1.165, 1.54) is 13.8 Å². The number of aryl methyl sites for hydroxylation is 1. The number of nitrogens with zero attached hydrogens (tertiary/aromatic N) is 1. The maximum absolute atomic E-state index is 13.1. The van der Waals surface area contributed by atoms with E-state index in [-0.39, 0.29) is 26.9 Å². The third kappa shape index (κ3) is 2.66. The number of benzene rings is 2. The van der Waals surface area contributed by atoms with Crippen LogP contribution in [-0.2, 0) is 17.0 Å². The number of aromatic amines is 1. The van der Waals surface area contributed by atoms with E-state index in [4.69, 9.17) is 5.73 Å². The fourth-order valence-corrected chi connectivity index (χ4v) is 3.85. The summed E-state index contributed by atoms with van der Waals surface area (Å²) in [5, 5.41) is 0.158. The second-order valence-corrected chi connectivity index (χ2v) is 6.77. The summed E-state index contributed by atoms with van der Waals surface area (Å²) >= 11 is 0. The predicted molar refractivity (Wildman–Crippen MR) is 86.1 cm³/mol. The normalized spacial score (nSPS) is 13.4. The van der Waals surface area contributed by atoms with Gasteiger partial charge in [0.05, 0.1) is 27.2 Å². The lowest BCUT2D eigenvalue weighted by Gasteiger charge is -2.17. The Labute approximate surface area is 138 Å². The lowest BCUT2D eigenvalue weighted by Crippen LogP contribution is -2.13. The molecule has 0 radical (unpaired) electrons. The lowest BCUT2D eigenvalue weighted by atomic mass is 10.0. The minimum Gasteiger partial charge on any atom is -0.397 e. The number of para-hydroxylation sites is 2. The van der Waals surface area contributed by atoms with Gasteiger partial charge in [-0.3, -0.25) is 0 Å². The van der Waals surface area contributed by atoms with E-state index >= 15 is 0 Å². The van der Waals surface area contributed by atoms with Gasteiger partial charge in [0.25, 0.3) is 0 Å². The van der Waals surface area contributed by atoms with Gasteiger partial charge in [-0.25, -0.2) is 9.19 Å². The third-order valence-corrected chi connectivity index (χ3v) is 5.26. The van der Waals surface area contributed by atoms with Crippen molar-refractivity contribution in [2.24, 2.45) is 0 Å². The summed E-state index contributed by atoms with van der Waals surface area (Å²) in [6.45, 7) is 2.73. The molecule has 1 heterocycles. The van der Waals surface area contributed by atoms with E-state index < -0.39 is 22.5 Å². The Hall–Kier alpha value is -2.35. The monoisotopic (exact) mass is 353 g/mol. The van der Waals surface area contributed by atoms with Crippen molar-refractivity contribution in [1.82, 2.24) is 9.97 Å². The number of nitrogens with two attached hydrogens (primary N) is 1. The molecule has 0 aliphatic heterocycles. The summed E-state index contributed by atoms with van der Waals surface area (Å²) in [5.41, 5.74) is 6.34. The highest BCUT2D eigenvalue weighted by molar-refractivity contribution is 7.85. The second-order valence-electron chi connectivity index (χ2n) is 5.43. The number of aromatic nitrogens is 2. The first-order valence-electron chi connectivity index (χ1n) is 7.03. The van der Waals surface area contributed by atoms with E-state index in [1.807, 2.05) is 0 Å². The Bertz CT molecular complexity index is 930. The summed E-state index contributed by atoms with van der Waals surface area (Å²) in [7, 11) is -1.81. The van der Waals surface area contributed by atoms with Crippen molar-refractivity contribution in [3.8, 4) is 0 Å². The molecule has 3 rings (SSSR count). The van der Waals surface area contributed by atoms with E-state index in [9.17, 15) is 17.4 Å². The lowest BCUT2D eigenvalue weighted by molar-refractivity contribution is -0.138. The fraction of sp³-hybridized carbons (Fsp3) is 0.188. The Balaban J connectivity index is 2.15. The summed E-state index contributed by atoms with van der Waals surface area (Å²) in [5.74, 6) is 0. The van der Waals surface area contributed by atoms with E-state index in [1.54, 1.807) is 24.3 Å². The molecule has 8 heteroatoms. The molecule has 24 heavy (non-hydrogen) atoms. The van der Waals surface area contributed by atoms with Crippen LogP contribution >= 0.6 is 0 Å². The van der Waals surface area contributed by atoms with Crippen molar-refractivity contribution in [1.29, 1.82) is 0 Å². The van der Waals surface area contributed by atoms with Gasteiger partial charge in [-0.15, -0.1) is 0 Å². The smallest absolute Gasteiger partial charge is 0.397 e. The molecular formula is C16H14F3N3OS. The summed E-state index contributed by atoms with van der Waals surface area (Å²) < 4.78 is 52.0. The molecular weight excluding hydrogens is 339 g/mol. The standard InChI is InChI=1S/C16H14F3N3OS/c1-8-7-10(16(17,18)19)9(2)13(20)14(8)24(23)15-21-11-5-3-4-6-12(11)22-15/h3-7H,20H2,1-2H3,(H,21,22). The van der Waals surface area contributed by atoms with Gasteiger partial charge in [-0.05, 0) is 43.2 Å². The van der Waals surface area contributed by atoms with Crippen LogP contribution in [0, 0.1) is 13.8 Å². The largest absolute Gasteiger partial charge is 0.416 e. The van der Waals surface area contributed by atoms with Gasteiger partial charge in [0.1, 0.15) is 10.8 Å². The molecule has 0 bridgehead atoms. The zero-order valence-electron chi connectivity index (χ0n) is 12.9. The van der Waals surface area contributed by atoms with E-state index in [0.717, 1.165) is 6.07 Å². The van der Waals surface area contributed by atoms with Crippen molar-refractivity contribution < 1.29 is 17.4 Å². The molecule has 0 aliphatic rings. The number of imidazole rings is 1. The van der Waals surface area contributed by atoms with Gasteiger partial charge in [-0.2, -0.15) is 13.2 Å². The molecule has 1 unspecified atom stereocenters. The number of nitrogen functional groups attached to an aromatic ring is 1. The first-order chi connectivity index (χ1) is 11.2. The van der Waals surface area contributed by atoms with Crippen molar-refractivity contribution >= 4 is 27.5 Å². The highest BCUT2D eigenvalue weighted by Crippen LogP contribution is 2.38. The van der Waals surface area contributed by atoms with Crippen LogP contribution in [0.25, 0.3) is 11.0 Å². The van der Waals surface area contributed by atoms with Crippen molar-refractivity contribution in [3.63, 3.8) is 0 Å².